The smallest absolute Gasteiger partial charge is 0.127 e. The molecular weight excluding hydrogens is 208 g/mol. The first-order valence-corrected chi connectivity index (χ1v) is 5.71. The summed E-state index contributed by atoms with van der Waals surface area (Å²) >= 11 is 0. The lowest BCUT2D eigenvalue weighted by Gasteiger charge is -2.04. The summed E-state index contributed by atoms with van der Waals surface area (Å²) in [6.45, 7) is 11.2. The predicted octanol–water partition coefficient (Wildman–Crippen LogP) is 4.90. The molecule has 0 saturated heterocycles. The van der Waals surface area contributed by atoms with Crippen LogP contribution in [0.5, 0.6) is 5.75 Å². The van der Waals surface area contributed by atoms with E-state index in [-0.39, 0.29) is 0 Å². The summed E-state index contributed by atoms with van der Waals surface area (Å²) in [6, 6.07) is 9.61. The van der Waals surface area contributed by atoms with Gasteiger partial charge in [-0.05, 0) is 24.3 Å². The topological polar surface area (TPSA) is 9.23 Å². The highest BCUT2D eigenvalue weighted by Gasteiger charge is 1.93. The molecule has 0 aliphatic heterocycles. The molecule has 0 unspecified atom stereocenters. The summed E-state index contributed by atoms with van der Waals surface area (Å²) in [5.74, 6) is 1.54. The van der Waals surface area contributed by atoms with Crippen LogP contribution in [0.4, 0.5) is 0 Å². The molecule has 0 aliphatic rings. The first-order valence-electron chi connectivity index (χ1n) is 5.71. The van der Waals surface area contributed by atoms with Crippen LogP contribution in [0.3, 0.4) is 0 Å². The highest BCUT2D eigenvalue weighted by molar-refractivity contribution is 5.28. The van der Waals surface area contributed by atoms with Gasteiger partial charge >= 0.3 is 0 Å². The Labute approximate surface area is 104 Å². The van der Waals surface area contributed by atoms with Crippen molar-refractivity contribution in [3.05, 3.63) is 79.6 Å². The standard InChI is InChI=1S/C14H14O.C2H6/c1-3-5-10-13(9-4-2)15-14-11-7-6-8-12-14;1-2/h3-12H,1-2H2;1-2H3/b10-5-,13-9+;. The van der Waals surface area contributed by atoms with Crippen molar-refractivity contribution in [1.29, 1.82) is 0 Å². The number of para-hydroxylation sites is 1. The lowest BCUT2D eigenvalue weighted by atomic mass is 10.3. The molecule has 1 aromatic rings. The van der Waals surface area contributed by atoms with Crippen molar-refractivity contribution in [2.45, 2.75) is 13.8 Å². The molecule has 0 N–H and O–H groups in total. The Morgan fingerprint density at radius 3 is 2.24 bits per heavy atom. The highest BCUT2D eigenvalue weighted by Crippen LogP contribution is 2.13. The van der Waals surface area contributed by atoms with Gasteiger partial charge in [-0.15, -0.1) is 0 Å². The molecule has 1 rings (SSSR count). The van der Waals surface area contributed by atoms with E-state index in [2.05, 4.69) is 13.2 Å². The molecule has 0 radical (unpaired) electrons. The van der Waals surface area contributed by atoms with Gasteiger partial charge in [0.2, 0.25) is 0 Å². The molecule has 0 aromatic heterocycles. The molecule has 0 saturated carbocycles. The Bertz CT molecular complexity index is 372. The third kappa shape index (κ3) is 6.96. The van der Waals surface area contributed by atoms with E-state index in [9.17, 15) is 0 Å². The van der Waals surface area contributed by atoms with Crippen LogP contribution in [-0.4, -0.2) is 0 Å². The van der Waals surface area contributed by atoms with Gasteiger partial charge in [0.1, 0.15) is 11.5 Å². The average Bonchev–Trinajstić information content (AvgIpc) is 2.40. The summed E-state index contributed by atoms with van der Waals surface area (Å²) in [5.41, 5.74) is 0. The van der Waals surface area contributed by atoms with Crippen LogP contribution in [0, 0.1) is 0 Å². The molecule has 0 heterocycles. The van der Waals surface area contributed by atoms with E-state index >= 15 is 0 Å². The first-order chi connectivity index (χ1) is 8.36. The Morgan fingerprint density at radius 1 is 1.06 bits per heavy atom. The van der Waals surface area contributed by atoms with E-state index in [1.54, 1.807) is 18.2 Å². The van der Waals surface area contributed by atoms with Gasteiger partial charge in [-0.1, -0.05) is 63.4 Å². The molecule has 0 spiro atoms. The zero-order chi connectivity index (χ0) is 12.9. The SMILES string of the molecule is C=C/C=C\C(=C/C=C)Oc1ccccc1.CC. The quantitative estimate of drug-likeness (QED) is 0.514. The van der Waals surface area contributed by atoms with Crippen molar-refractivity contribution in [3.8, 4) is 5.75 Å². The van der Waals surface area contributed by atoms with Crippen molar-refractivity contribution < 1.29 is 4.74 Å². The van der Waals surface area contributed by atoms with Crippen LogP contribution in [0.1, 0.15) is 13.8 Å². The third-order valence-corrected chi connectivity index (χ3v) is 1.66. The number of hydrogen-bond donors (Lipinski definition) is 0. The van der Waals surface area contributed by atoms with Crippen LogP contribution >= 0.6 is 0 Å². The first kappa shape index (κ1) is 15.0. The molecule has 1 aromatic carbocycles. The molecule has 1 heteroatoms. The minimum absolute atomic E-state index is 0.733. The summed E-state index contributed by atoms with van der Waals surface area (Å²) in [6.07, 6.45) is 8.84. The molecule has 0 atom stereocenters. The molecule has 0 amide bonds. The zero-order valence-electron chi connectivity index (χ0n) is 10.6. The molecule has 90 valence electrons. The molecular formula is C16H20O. The number of benzene rings is 1. The Hall–Kier alpha value is -2.02. The predicted molar refractivity (Wildman–Crippen MR) is 76.0 cm³/mol. The van der Waals surface area contributed by atoms with Gasteiger partial charge < -0.3 is 4.74 Å². The maximum Gasteiger partial charge on any atom is 0.127 e. The van der Waals surface area contributed by atoms with Crippen molar-refractivity contribution in [2.75, 3.05) is 0 Å². The molecule has 17 heavy (non-hydrogen) atoms. The largest absolute Gasteiger partial charge is 0.457 e. The monoisotopic (exact) mass is 228 g/mol. The number of rotatable bonds is 5. The van der Waals surface area contributed by atoms with Crippen molar-refractivity contribution >= 4 is 0 Å². The summed E-state index contributed by atoms with van der Waals surface area (Å²) < 4.78 is 5.61. The van der Waals surface area contributed by atoms with Gasteiger partial charge in [0.15, 0.2) is 0 Å². The van der Waals surface area contributed by atoms with Crippen molar-refractivity contribution in [3.63, 3.8) is 0 Å². The summed E-state index contributed by atoms with van der Waals surface area (Å²) in [5, 5.41) is 0. The normalized spacial score (nSPS) is 10.4. The highest BCUT2D eigenvalue weighted by atomic mass is 16.5. The Morgan fingerprint density at radius 2 is 1.71 bits per heavy atom. The maximum atomic E-state index is 5.61. The zero-order valence-corrected chi connectivity index (χ0v) is 10.6. The maximum absolute atomic E-state index is 5.61. The fourth-order valence-corrected chi connectivity index (χ4v) is 1.03. The lowest BCUT2D eigenvalue weighted by Crippen LogP contribution is -1.91. The van der Waals surface area contributed by atoms with Crippen LogP contribution in [-0.2, 0) is 0 Å². The average molecular weight is 228 g/mol. The number of ether oxygens (including phenoxy) is 1. The van der Waals surface area contributed by atoms with Gasteiger partial charge in [-0.2, -0.15) is 0 Å². The van der Waals surface area contributed by atoms with E-state index < -0.39 is 0 Å². The Balaban J connectivity index is 0.00000121. The fourth-order valence-electron chi connectivity index (χ4n) is 1.03. The minimum Gasteiger partial charge on any atom is -0.457 e. The second-order valence-electron chi connectivity index (χ2n) is 2.81. The summed E-state index contributed by atoms with van der Waals surface area (Å²) in [4.78, 5) is 0. The Kier molecular flexibility index (Phi) is 9.25. The van der Waals surface area contributed by atoms with E-state index in [1.165, 1.54) is 0 Å². The molecule has 0 fully saturated rings. The summed E-state index contributed by atoms with van der Waals surface area (Å²) in [7, 11) is 0. The van der Waals surface area contributed by atoms with E-state index in [0.717, 1.165) is 11.5 Å². The van der Waals surface area contributed by atoms with Gasteiger partial charge in [0, 0.05) is 0 Å². The van der Waals surface area contributed by atoms with Gasteiger partial charge in [0.25, 0.3) is 0 Å². The van der Waals surface area contributed by atoms with E-state index in [4.69, 9.17) is 4.74 Å². The van der Waals surface area contributed by atoms with Gasteiger partial charge in [0.05, 0.1) is 0 Å². The van der Waals surface area contributed by atoms with Crippen molar-refractivity contribution in [2.24, 2.45) is 0 Å². The number of hydrogen-bond acceptors (Lipinski definition) is 1. The number of allylic oxidation sites excluding steroid dienone is 5. The molecule has 0 bridgehead atoms. The lowest BCUT2D eigenvalue weighted by molar-refractivity contribution is 0.444. The van der Waals surface area contributed by atoms with Gasteiger partial charge in [-0.3, -0.25) is 0 Å². The second kappa shape index (κ2) is 10.5. The molecule has 1 nitrogen and oxygen atoms in total. The third-order valence-electron chi connectivity index (χ3n) is 1.66. The minimum atomic E-state index is 0.733. The van der Waals surface area contributed by atoms with Crippen LogP contribution in [0.15, 0.2) is 79.6 Å². The molecule has 0 aliphatic carbocycles. The van der Waals surface area contributed by atoms with Crippen molar-refractivity contribution in [1.82, 2.24) is 0 Å². The van der Waals surface area contributed by atoms with E-state index in [0.29, 0.717) is 0 Å². The van der Waals surface area contributed by atoms with Crippen LogP contribution in [0.2, 0.25) is 0 Å². The van der Waals surface area contributed by atoms with Crippen LogP contribution in [0.25, 0.3) is 0 Å². The fraction of sp³-hybridized carbons (Fsp3) is 0.125. The van der Waals surface area contributed by atoms with Gasteiger partial charge in [-0.25, -0.2) is 0 Å². The second-order valence-corrected chi connectivity index (χ2v) is 2.81. The van der Waals surface area contributed by atoms with E-state index in [1.807, 2.05) is 56.3 Å². The van der Waals surface area contributed by atoms with Crippen LogP contribution < -0.4 is 4.74 Å².